The van der Waals surface area contributed by atoms with E-state index in [1.165, 1.54) is 30.3 Å². The number of nitrogen functional groups attached to an aromatic ring is 1. The molecule has 0 radical (unpaired) electrons. The number of phenols is 1. The number of esters is 1. The topological polar surface area (TPSA) is 102 Å². The highest BCUT2D eigenvalue weighted by atomic mass is 35.5. The highest BCUT2D eigenvalue weighted by Gasteiger charge is 2.23. The first-order valence-corrected chi connectivity index (χ1v) is 8.09. The van der Waals surface area contributed by atoms with E-state index in [4.69, 9.17) is 22.1 Å². The van der Waals surface area contributed by atoms with Gasteiger partial charge in [-0.1, -0.05) is 23.7 Å². The van der Waals surface area contributed by atoms with Gasteiger partial charge in [-0.2, -0.15) is 0 Å². The molecule has 2 rings (SSSR count). The van der Waals surface area contributed by atoms with Gasteiger partial charge in [0.1, 0.15) is 11.8 Å². The van der Waals surface area contributed by atoms with Gasteiger partial charge in [0, 0.05) is 12.0 Å². The molecule has 0 fully saturated rings. The van der Waals surface area contributed by atoms with Crippen molar-refractivity contribution < 1.29 is 19.4 Å². The number of hydrogen-bond donors (Lipinski definition) is 3. The van der Waals surface area contributed by atoms with Crippen LogP contribution in [0, 0.1) is 0 Å². The third-order valence-electron chi connectivity index (χ3n) is 3.52. The third kappa shape index (κ3) is 5.12. The molecule has 0 spiro atoms. The quantitative estimate of drug-likeness (QED) is 0.541. The lowest BCUT2D eigenvalue weighted by molar-refractivity contribution is -0.145. The minimum absolute atomic E-state index is 0.122. The van der Waals surface area contributed by atoms with Crippen LogP contribution in [0.5, 0.6) is 5.75 Å². The summed E-state index contributed by atoms with van der Waals surface area (Å²) in [6.07, 6.45) is 0.230. The Kier molecular flexibility index (Phi) is 6.25. The van der Waals surface area contributed by atoms with Crippen LogP contribution >= 0.6 is 11.6 Å². The molecule has 0 heterocycles. The van der Waals surface area contributed by atoms with Gasteiger partial charge in [-0.3, -0.25) is 4.79 Å². The zero-order chi connectivity index (χ0) is 18.4. The summed E-state index contributed by atoms with van der Waals surface area (Å²) < 4.78 is 5.03. The second-order valence-electron chi connectivity index (χ2n) is 5.38. The zero-order valence-corrected chi connectivity index (χ0v) is 14.4. The summed E-state index contributed by atoms with van der Waals surface area (Å²) in [5.41, 5.74) is 7.06. The van der Waals surface area contributed by atoms with Crippen molar-refractivity contribution in [3.63, 3.8) is 0 Å². The van der Waals surface area contributed by atoms with Crippen LogP contribution in [0.4, 0.5) is 5.69 Å². The van der Waals surface area contributed by atoms with E-state index in [1.807, 2.05) is 0 Å². The molecule has 0 aromatic heterocycles. The molecule has 1 atom stereocenters. The number of rotatable bonds is 6. The summed E-state index contributed by atoms with van der Waals surface area (Å²) in [5, 5.41) is 12.3. The van der Waals surface area contributed by atoms with Gasteiger partial charge in [0.15, 0.2) is 0 Å². The Morgan fingerprint density at radius 1 is 1.24 bits per heavy atom. The third-order valence-corrected chi connectivity index (χ3v) is 3.84. The summed E-state index contributed by atoms with van der Waals surface area (Å²) in [7, 11) is 0. The average Bonchev–Trinajstić information content (AvgIpc) is 2.58. The highest BCUT2D eigenvalue weighted by molar-refractivity contribution is 6.33. The SMILES string of the molecule is CCOC(=O)[C@H](Cc1ccc(O)cc1)NC(=O)c1ccc(N)c(Cl)c1. The van der Waals surface area contributed by atoms with Crippen LogP contribution in [0.3, 0.4) is 0 Å². The number of nitrogens with one attached hydrogen (secondary N) is 1. The van der Waals surface area contributed by atoms with Crippen molar-refractivity contribution in [1.82, 2.24) is 5.32 Å². The molecular weight excluding hydrogens is 344 g/mol. The molecule has 2 aromatic rings. The molecule has 0 aliphatic rings. The molecule has 4 N–H and O–H groups in total. The van der Waals surface area contributed by atoms with Crippen LogP contribution in [0.15, 0.2) is 42.5 Å². The summed E-state index contributed by atoms with van der Waals surface area (Å²) in [4.78, 5) is 24.6. The number of hydrogen-bond acceptors (Lipinski definition) is 5. The van der Waals surface area contributed by atoms with Gasteiger partial charge in [0.2, 0.25) is 0 Å². The first-order valence-electron chi connectivity index (χ1n) is 7.71. The molecule has 2 aromatic carbocycles. The molecule has 0 saturated carbocycles. The fraction of sp³-hybridized carbons (Fsp3) is 0.222. The number of carbonyl (C=O) groups is 2. The van der Waals surface area contributed by atoms with Crippen LogP contribution in [0.25, 0.3) is 0 Å². The van der Waals surface area contributed by atoms with Gasteiger partial charge >= 0.3 is 5.97 Å². The fourth-order valence-electron chi connectivity index (χ4n) is 2.21. The van der Waals surface area contributed by atoms with Crippen molar-refractivity contribution in [2.75, 3.05) is 12.3 Å². The van der Waals surface area contributed by atoms with Gasteiger partial charge in [0.25, 0.3) is 5.91 Å². The number of ether oxygens (including phenoxy) is 1. The van der Waals surface area contributed by atoms with Crippen LogP contribution in [-0.4, -0.2) is 29.6 Å². The Balaban J connectivity index is 2.16. The van der Waals surface area contributed by atoms with E-state index in [9.17, 15) is 14.7 Å². The summed E-state index contributed by atoms with van der Waals surface area (Å²) in [6, 6.07) is 10.00. The normalized spacial score (nSPS) is 11.6. The molecule has 1 amide bonds. The Bertz CT molecular complexity index is 762. The van der Waals surface area contributed by atoms with Crippen molar-refractivity contribution in [1.29, 1.82) is 0 Å². The number of amides is 1. The number of benzene rings is 2. The average molecular weight is 363 g/mol. The Morgan fingerprint density at radius 3 is 2.52 bits per heavy atom. The summed E-state index contributed by atoms with van der Waals surface area (Å²) in [6.45, 7) is 1.89. The maximum absolute atomic E-state index is 12.4. The summed E-state index contributed by atoms with van der Waals surface area (Å²) in [5.74, 6) is -0.874. The largest absolute Gasteiger partial charge is 0.508 e. The van der Waals surface area contributed by atoms with Gasteiger partial charge < -0.3 is 20.9 Å². The number of halogens is 1. The van der Waals surface area contributed by atoms with E-state index in [-0.39, 0.29) is 23.8 Å². The first kappa shape index (κ1) is 18.6. The lowest BCUT2D eigenvalue weighted by Crippen LogP contribution is -2.43. The summed E-state index contributed by atoms with van der Waals surface area (Å²) >= 11 is 5.93. The molecule has 0 saturated heterocycles. The predicted octanol–water partition coefficient (Wildman–Crippen LogP) is 2.53. The predicted molar refractivity (Wildman–Crippen MR) is 95.6 cm³/mol. The van der Waals surface area contributed by atoms with Crippen molar-refractivity contribution in [3.05, 3.63) is 58.6 Å². The molecule has 0 aliphatic heterocycles. The molecule has 0 unspecified atom stereocenters. The number of anilines is 1. The van der Waals surface area contributed by atoms with Gasteiger partial charge in [-0.15, -0.1) is 0 Å². The number of aromatic hydroxyl groups is 1. The van der Waals surface area contributed by atoms with E-state index >= 15 is 0 Å². The van der Waals surface area contributed by atoms with Crippen LogP contribution in [-0.2, 0) is 16.0 Å². The van der Waals surface area contributed by atoms with Crippen LogP contribution in [0.1, 0.15) is 22.8 Å². The fourth-order valence-corrected chi connectivity index (χ4v) is 2.39. The molecule has 7 heteroatoms. The second-order valence-corrected chi connectivity index (χ2v) is 5.79. The lowest BCUT2D eigenvalue weighted by atomic mass is 10.0. The maximum atomic E-state index is 12.4. The van der Waals surface area contributed by atoms with E-state index in [1.54, 1.807) is 19.1 Å². The Labute approximate surface area is 150 Å². The standard InChI is InChI=1S/C18H19ClN2O4/c1-2-25-18(24)16(9-11-3-6-13(22)7-4-11)21-17(23)12-5-8-15(20)14(19)10-12/h3-8,10,16,22H,2,9,20H2,1H3,(H,21,23)/t16-/m0/s1. The molecule has 132 valence electrons. The van der Waals surface area contributed by atoms with Crippen molar-refractivity contribution in [3.8, 4) is 5.75 Å². The van der Waals surface area contributed by atoms with Crippen LogP contribution < -0.4 is 11.1 Å². The van der Waals surface area contributed by atoms with Gasteiger partial charge in [-0.25, -0.2) is 4.79 Å². The maximum Gasteiger partial charge on any atom is 0.328 e. The minimum atomic E-state index is -0.867. The monoisotopic (exact) mass is 362 g/mol. The number of carbonyl (C=O) groups excluding carboxylic acids is 2. The van der Waals surface area contributed by atoms with Crippen molar-refractivity contribution in [2.24, 2.45) is 0 Å². The minimum Gasteiger partial charge on any atom is -0.508 e. The van der Waals surface area contributed by atoms with E-state index in [0.717, 1.165) is 5.56 Å². The first-order chi connectivity index (χ1) is 11.9. The van der Waals surface area contributed by atoms with Crippen molar-refractivity contribution in [2.45, 2.75) is 19.4 Å². The zero-order valence-electron chi connectivity index (χ0n) is 13.7. The Hall–Kier alpha value is -2.73. The van der Waals surface area contributed by atoms with E-state index in [0.29, 0.717) is 11.3 Å². The number of phenolic OH excluding ortho intramolecular Hbond substituents is 1. The molecule has 0 bridgehead atoms. The molecule has 6 nitrogen and oxygen atoms in total. The Morgan fingerprint density at radius 2 is 1.92 bits per heavy atom. The van der Waals surface area contributed by atoms with Gasteiger partial charge in [-0.05, 0) is 42.8 Å². The van der Waals surface area contributed by atoms with E-state index in [2.05, 4.69) is 5.32 Å². The highest BCUT2D eigenvalue weighted by Crippen LogP contribution is 2.20. The van der Waals surface area contributed by atoms with Crippen LogP contribution in [0.2, 0.25) is 5.02 Å². The van der Waals surface area contributed by atoms with Crippen molar-refractivity contribution >= 4 is 29.2 Å². The number of nitrogens with two attached hydrogens (primary N) is 1. The lowest BCUT2D eigenvalue weighted by Gasteiger charge is -2.18. The molecule has 0 aliphatic carbocycles. The smallest absolute Gasteiger partial charge is 0.328 e. The molecular formula is C18H19ClN2O4. The van der Waals surface area contributed by atoms with Gasteiger partial charge in [0.05, 0.1) is 17.3 Å². The second kappa shape index (κ2) is 8.39. The molecule has 25 heavy (non-hydrogen) atoms. The van der Waals surface area contributed by atoms with E-state index < -0.39 is 17.9 Å².